The normalized spacial score (nSPS) is 10.6. The summed E-state index contributed by atoms with van der Waals surface area (Å²) in [5.41, 5.74) is -0.137. The van der Waals surface area contributed by atoms with E-state index >= 15 is 0 Å². The van der Waals surface area contributed by atoms with Gasteiger partial charge in [-0.2, -0.15) is 4.98 Å². The minimum atomic E-state index is -0.346. The van der Waals surface area contributed by atoms with Crippen molar-refractivity contribution < 1.29 is 0 Å². The number of H-pyrrole nitrogens is 1. The van der Waals surface area contributed by atoms with Crippen LogP contribution in [0.15, 0.2) is 28.0 Å². The van der Waals surface area contributed by atoms with E-state index in [4.69, 9.17) is 0 Å². The first-order chi connectivity index (χ1) is 6.72. The molecule has 0 radical (unpaired) electrons. The second-order valence-corrected chi connectivity index (χ2v) is 2.91. The number of fused-ring (bicyclic) bond motifs is 1. The number of aromatic nitrogens is 3. The number of rotatable bonds is 1. The molecular weight excluding hydrogens is 182 g/mol. The Morgan fingerprint density at radius 3 is 3.00 bits per heavy atom. The third-order valence-electron chi connectivity index (χ3n) is 2.05. The van der Waals surface area contributed by atoms with Gasteiger partial charge in [-0.15, -0.1) is 0 Å². The van der Waals surface area contributed by atoms with Gasteiger partial charge in [0.15, 0.2) is 5.43 Å². The molecular formula is C9H9N3O2. The van der Waals surface area contributed by atoms with Crippen molar-refractivity contribution >= 4 is 11.0 Å². The molecule has 0 bridgehead atoms. The molecule has 0 aliphatic carbocycles. The molecule has 0 atom stereocenters. The first-order valence-electron chi connectivity index (χ1n) is 4.31. The number of pyridine rings is 1. The minimum absolute atomic E-state index is 0.131. The molecule has 0 fully saturated rings. The molecule has 2 heterocycles. The van der Waals surface area contributed by atoms with Crippen molar-refractivity contribution in [2.75, 3.05) is 0 Å². The molecule has 0 aromatic carbocycles. The van der Waals surface area contributed by atoms with Crippen molar-refractivity contribution in [3.63, 3.8) is 0 Å². The third-order valence-corrected chi connectivity index (χ3v) is 2.05. The van der Waals surface area contributed by atoms with E-state index in [0.717, 1.165) is 0 Å². The number of nitrogens with zero attached hydrogens (tertiary/aromatic N) is 2. The minimum Gasteiger partial charge on any atom is -0.346 e. The lowest BCUT2D eigenvalue weighted by Gasteiger charge is -2.01. The average molecular weight is 191 g/mol. The number of hydrogen-bond donors (Lipinski definition) is 1. The van der Waals surface area contributed by atoms with E-state index in [1.807, 2.05) is 6.92 Å². The molecule has 14 heavy (non-hydrogen) atoms. The molecule has 2 aromatic heterocycles. The van der Waals surface area contributed by atoms with Gasteiger partial charge in [-0.05, 0) is 6.92 Å². The second-order valence-electron chi connectivity index (χ2n) is 2.91. The molecule has 0 amide bonds. The lowest BCUT2D eigenvalue weighted by molar-refractivity contribution is 0.707. The molecule has 5 heteroatoms. The SMILES string of the molecule is CCn1cc2c(=O)cc[nH]c2nc1=O. The van der Waals surface area contributed by atoms with Crippen LogP contribution in [0.25, 0.3) is 11.0 Å². The topological polar surface area (TPSA) is 67.8 Å². The van der Waals surface area contributed by atoms with Gasteiger partial charge in [-0.25, -0.2) is 4.79 Å². The summed E-state index contributed by atoms with van der Waals surface area (Å²) >= 11 is 0. The van der Waals surface area contributed by atoms with Gasteiger partial charge in [0.1, 0.15) is 5.65 Å². The lowest BCUT2D eigenvalue weighted by atomic mass is 10.3. The van der Waals surface area contributed by atoms with Crippen LogP contribution in [0.1, 0.15) is 6.92 Å². The van der Waals surface area contributed by atoms with Gasteiger partial charge < -0.3 is 4.98 Å². The van der Waals surface area contributed by atoms with E-state index in [2.05, 4.69) is 9.97 Å². The Morgan fingerprint density at radius 1 is 1.50 bits per heavy atom. The summed E-state index contributed by atoms with van der Waals surface area (Å²) in [4.78, 5) is 29.2. The Balaban J connectivity index is 2.94. The molecule has 0 unspecified atom stereocenters. The van der Waals surface area contributed by atoms with Gasteiger partial charge in [-0.3, -0.25) is 9.36 Å². The smallest absolute Gasteiger partial charge is 0.346 e. The van der Waals surface area contributed by atoms with Crippen LogP contribution in [-0.4, -0.2) is 14.5 Å². The highest BCUT2D eigenvalue weighted by molar-refractivity contribution is 5.72. The standard InChI is InChI=1S/C9H9N3O2/c1-2-12-5-6-7(13)3-4-10-8(6)11-9(12)14/h3-5H,2H2,1H3,(H,10,11,14). The monoisotopic (exact) mass is 191 g/mol. The molecule has 0 saturated heterocycles. The quantitative estimate of drug-likeness (QED) is 0.695. The summed E-state index contributed by atoms with van der Waals surface area (Å²) in [5.74, 6) is 0. The fraction of sp³-hybridized carbons (Fsp3) is 0.222. The molecule has 2 aromatic rings. The van der Waals surface area contributed by atoms with Crippen molar-refractivity contribution in [3.8, 4) is 0 Å². The molecule has 0 saturated carbocycles. The molecule has 2 rings (SSSR count). The zero-order valence-corrected chi connectivity index (χ0v) is 7.65. The molecule has 0 aliphatic heterocycles. The maximum atomic E-state index is 11.4. The third kappa shape index (κ3) is 1.22. The van der Waals surface area contributed by atoms with E-state index in [1.54, 1.807) is 0 Å². The highest BCUT2D eigenvalue weighted by Crippen LogP contribution is 1.98. The summed E-state index contributed by atoms with van der Waals surface area (Å²) < 4.78 is 1.40. The Bertz CT molecular complexity index is 582. The van der Waals surface area contributed by atoms with Crippen molar-refractivity contribution in [3.05, 3.63) is 39.2 Å². The Labute approximate surface area is 79.0 Å². The van der Waals surface area contributed by atoms with Crippen LogP contribution < -0.4 is 11.1 Å². The number of nitrogens with one attached hydrogen (secondary N) is 1. The van der Waals surface area contributed by atoms with Crippen LogP contribution >= 0.6 is 0 Å². The molecule has 1 N–H and O–H groups in total. The largest absolute Gasteiger partial charge is 0.349 e. The maximum absolute atomic E-state index is 11.4. The van der Waals surface area contributed by atoms with Gasteiger partial charge in [0, 0.05) is 25.0 Å². The fourth-order valence-electron chi connectivity index (χ4n) is 1.30. The molecule has 5 nitrogen and oxygen atoms in total. The van der Waals surface area contributed by atoms with Crippen LogP contribution in [-0.2, 0) is 6.54 Å². The summed E-state index contributed by atoms with van der Waals surface area (Å²) in [6.07, 6.45) is 3.01. The fourth-order valence-corrected chi connectivity index (χ4v) is 1.30. The number of aryl methyl sites for hydroxylation is 1. The number of hydrogen-bond acceptors (Lipinski definition) is 3. The summed E-state index contributed by atoms with van der Waals surface area (Å²) in [6.45, 7) is 2.34. The number of aromatic amines is 1. The highest BCUT2D eigenvalue weighted by atomic mass is 16.1. The average Bonchev–Trinajstić information content (AvgIpc) is 2.17. The zero-order chi connectivity index (χ0) is 10.1. The van der Waals surface area contributed by atoms with Gasteiger partial charge in [0.2, 0.25) is 0 Å². The molecule has 72 valence electrons. The predicted molar refractivity (Wildman–Crippen MR) is 52.3 cm³/mol. The first-order valence-corrected chi connectivity index (χ1v) is 4.31. The van der Waals surface area contributed by atoms with E-state index < -0.39 is 0 Å². The van der Waals surface area contributed by atoms with Crippen molar-refractivity contribution in [2.24, 2.45) is 0 Å². The molecule has 0 spiro atoms. The second kappa shape index (κ2) is 3.10. The predicted octanol–water partition coefficient (Wildman–Crippen LogP) is 0.105. The van der Waals surface area contributed by atoms with Crippen LogP contribution in [0.3, 0.4) is 0 Å². The lowest BCUT2D eigenvalue weighted by Crippen LogP contribution is -2.23. The van der Waals surface area contributed by atoms with Crippen LogP contribution in [0.2, 0.25) is 0 Å². The van der Waals surface area contributed by atoms with E-state index in [0.29, 0.717) is 17.6 Å². The van der Waals surface area contributed by atoms with E-state index in [-0.39, 0.29) is 11.1 Å². The van der Waals surface area contributed by atoms with Gasteiger partial charge in [0.25, 0.3) is 0 Å². The Hall–Kier alpha value is -1.91. The first kappa shape index (κ1) is 8.68. The zero-order valence-electron chi connectivity index (χ0n) is 7.65. The summed E-state index contributed by atoms with van der Waals surface area (Å²) in [5, 5.41) is 0.439. The summed E-state index contributed by atoms with van der Waals surface area (Å²) in [7, 11) is 0. The molecule has 0 aliphatic rings. The van der Waals surface area contributed by atoms with Crippen molar-refractivity contribution in [1.82, 2.24) is 14.5 Å². The van der Waals surface area contributed by atoms with E-state index in [1.165, 1.54) is 23.0 Å². The Kier molecular flexibility index (Phi) is 1.92. The highest BCUT2D eigenvalue weighted by Gasteiger charge is 2.02. The van der Waals surface area contributed by atoms with Crippen LogP contribution in [0, 0.1) is 0 Å². The van der Waals surface area contributed by atoms with Gasteiger partial charge >= 0.3 is 5.69 Å². The van der Waals surface area contributed by atoms with Crippen molar-refractivity contribution in [2.45, 2.75) is 13.5 Å². The van der Waals surface area contributed by atoms with Gasteiger partial charge in [-0.1, -0.05) is 0 Å². The van der Waals surface area contributed by atoms with Crippen LogP contribution in [0.4, 0.5) is 0 Å². The van der Waals surface area contributed by atoms with Gasteiger partial charge in [0.05, 0.1) is 5.39 Å². The Morgan fingerprint density at radius 2 is 2.29 bits per heavy atom. The van der Waals surface area contributed by atoms with E-state index in [9.17, 15) is 9.59 Å². The summed E-state index contributed by atoms with van der Waals surface area (Å²) in [6, 6.07) is 1.41. The maximum Gasteiger partial charge on any atom is 0.349 e. The van der Waals surface area contributed by atoms with Crippen LogP contribution in [0.5, 0.6) is 0 Å². The van der Waals surface area contributed by atoms with Crippen molar-refractivity contribution in [1.29, 1.82) is 0 Å².